The first kappa shape index (κ1) is 14.6. The minimum absolute atomic E-state index is 0.207. The van der Waals surface area contributed by atoms with Gasteiger partial charge < -0.3 is 5.32 Å². The zero-order chi connectivity index (χ0) is 13.8. The number of hydrogen-bond donors (Lipinski definition) is 1. The highest BCUT2D eigenvalue weighted by molar-refractivity contribution is 9.10. The van der Waals surface area contributed by atoms with Crippen molar-refractivity contribution in [3.05, 3.63) is 58.3 Å². The second-order valence-corrected chi connectivity index (χ2v) is 6.23. The largest absolute Gasteiger partial charge is 0.313 e. The first-order valence-electron chi connectivity index (χ1n) is 6.00. The third kappa shape index (κ3) is 3.81. The normalized spacial score (nSPS) is 12.4. The molecule has 0 radical (unpaired) electrons. The minimum atomic E-state index is -0.207. The van der Waals surface area contributed by atoms with Crippen molar-refractivity contribution in [3.63, 3.8) is 0 Å². The van der Waals surface area contributed by atoms with Gasteiger partial charge in [-0.25, -0.2) is 4.39 Å². The molecular formula is C15H15BrFNS. The van der Waals surface area contributed by atoms with Crippen LogP contribution in [-0.4, -0.2) is 7.05 Å². The molecule has 0 heterocycles. The van der Waals surface area contributed by atoms with Crippen LogP contribution in [-0.2, 0) is 0 Å². The maximum atomic E-state index is 13.2. The molecule has 0 aromatic heterocycles. The van der Waals surface area contributed by atoms with Crippen molar-refractivity contribution in [2.24, 2.45) is 0 Å². The summed E-state index contributed by atoms with van der Waals surface area (Å²) in [6.07, 6.45) is 0. The fourth-order valence-corrected chi connectivity index (χ4v) is 3.20. The third-order valence-corrected chi connectivity index (χ3v) is 4.90. The average Bonchev–Trinajstić information content (AvgIpc) is 2.40. The van der Waals surface area contributed by atoms with Crippen LogP contribution in [0.1, 0.15) is 18.5 Å². The number of nitrogens with one attached hydrogen (secondary N) is 1. The highest BCUT2D eigenvalue weighted by Crippen LogP contribution is 2.35. The van der Waals surface area contributed by atoms with E-state index < -0.39 is 0 Å². The Morgan fingerprint density at radius 2 is 2.00 bits per heavy atom. The Morgan fingerprint density at radius 1 is 1.21 bits per heavy atom. The summed E-state index contributed by atoms with van der Waals surface area (Å²) in [5, 5.41) is 3.21. The Labute approximate surface area is 125 Å². The second-order valence-electron chi connectivity index (χ2n) is 4.26. The molecule has 0 saturated carbocycles. The predicted octanol–water partition coefficient (Wildman–Crippen LogP) is 5.02. The zero-order valence-corrected chi connectivity index (χ0v) is 13.2. The van der Waals surface area contributed by atoms with E-state index in [1.807, 2.05) is 13.1 Å². The third-order valence-electron chi connectivity index (χ3n) is 2.91. The van der Waals surface area contributed by atoms with Crippen LogP contribution in [0.5, 0.6) is 0 Å². The van der Waals surface area contributed by atoms with Gasteiger partial charge in [-0.1, -0.05) is 23.9 Å². The standard InChI is InChI=1S/C15H15BrFNS/c1-10(18-2)11-6-7-15(14(16)8-11)19-13-5-3-4-12(17)9-13/h3-10,18H,1-2H3. The van der Waals surface area contributed by atoms with E-state index in [0.717, 1.165) is 14.3 Å². The van der Waals surface area contributed by atoms with Gasteiger partial charge in [0.2, 0.25) is 0 Å². The molecule has 19 heavy (non-hydrogen) atoms. The molecule has 1 nitrogen and oxygen atoms in total. The molecule has 0 aliphatic heterocycles. The average molecular weight is 340 g/mol. The Hall–Kier alpha value is -0.840. The molecule has 1 unspecified atom stereocenters. The van der Waals surface area contributed by atoms with Gasteiger partial charge >= 0.3 is 0 Å². The van der Waals surface area contributed by atoms with E-state index in [-0.39, 0.29) is 5.82 Å². The molecule has 2 aromatic carbocycles. The summed E-state index contributed by atoms with van der Waals surface area (Å²) in [6, 6.07) is 13.2. The molecule has 4 heteroatoms. The van der Waals surface area contributed by atoms with Crippen LogP contribution in [0, 0.1) is 5.82 Å². The SMILES string of the molecule is CNC(C)c1ccc(Sc2cccc(F)c2)c(Br)c1. The second kappa shape index (κ2) is 6.55. The van der Waals surface area contributed by atoms with Gasteiger partial charge in [0.05, 0.1) is 0 Å². The number of halogens is 2. The van der Waals surface area contributed by atoms with E-state index in [2.05, 4.69) is 46.4 Å². The van der Waals surface area contributed by atoms with Crippen LogP contribution < -0.4 is 5.32 Å². The maximum absolute atomic E-state index is 13.2. The van der Waals surface area contributed by atoms with Crippen molar-refractivity contribution in [3.8, 4) is 0 Å². The zero-order valence-electron chi connectivity index (χ0n) is 10.8. The molecule has 100 valence electrons. The van der Waals surface area contributed by atoms with Crippen molar-refractivity contribution < 1.29 is 4.39 Å². The van der Waals surface area contributed by atoms with E-state index in [1.165, 1.54) is 11.6 Å². The van der Waals surface area contributed by atoms with Crippen molar-refractivity contribution in [1.82, 2.24) is 5.32 Å². The summed E-state index contributed by atoms with van der Waals surface area (Å²) < 4.78 is 14.2. The van der Waals surface area contributed by atoms with Crippen LogP contribution in [0.2, 0.25) is 0 Å². The van der Waals surface area contributed by atoms with Gasteiger partial charge in [-0.2, -0.15) is 0 Å². The van der Waals surface area contributed by atoms with E-state index in [4.69, 9.17) is 0 Å². The van der Waals surface area contributed by atoms with E-state index >= 15 is 0 Å². The first-order chi connectivity index (χ1) is 9.10. The van der Waals surface area contributed by atoms with Gasteiger partial charge in [-0.05, 0) is 65.8 Å². The number of hydrogen-bond acceptors (Lipinski definition) is 2. The van der Waals surface area contributed by atoms with Crippen molar-refractivity contribution >= 4 is 27.7 Å². The quantitative estimate of drug-likeness (QED) is 0.839. The molecule has 2 aromatic rings. The maximum Gasteiger partial charge on any atom is 0.124 e. The summed E-state index contributed by atoms with van der Waals surface area (Å²) in [5.41, 5.74) is 1.22. The van der Waals surface area contributed by atoms with E-state index in [0.29, 0.717) is 6.04 Å². The topological polar surface area (TPSA) is 12.0 Å². The summed E-state index contributed by atoms with van der Waals surface area (Å²) in [6.45, 7) is 2.11. The lowest BCUT2D eigenvalue weighted by molar-refractivity contribution is 0.624. The van der Waals surface area contributed by atoms with Crippen molar-refractivity contribution in [1.29, 1.82) is 0 Å². The van der Waals surface area contributed by atoms with E-state index in [9.17, 15) is 4.39 Å². The fraction of sp³-hybridized carbons (Fsp3) is 0.200. The van der Waals surface area contributed by atoms with Gasteiger partial charge in [-0.15, -0.1) is 0 Å². The predicted molar refractivity (Wildman–Crippen MR) is 82.1 cm³/mol. The molecule has 0 spiro atoms. The Bertz CT molecular complexity index is 574. The first-order valence-corrected chi connectivity index (χ1v) is 7.61. The molecule has 0 fully saturated rings. The van der Waals surface area contributed by atoms with Gasteiger partial charge in [0.15, 0.2) is 0 Å². The summed E-state index contributed by atoms with van der Waals surface area (Å²) >= 11 is 5.13. The highest BCUT2D eigenvalue weighted by atomic mass is 79.9. The smallest absolute Gasteiger partial charge is 0.124 e. The van der Waals surface area contributed by atoms with Crippen LogP contribution in [0.4, 0.5) is 4.39 Å². The monoisotopic (exact) mass is 339 g/mol. The van der Waals surface area contributed by atoms with Gasteiger partial charge in [0.1, 0.15) is 5.82 Å². The Kier molecular flexibility index (Phi) is 5.02. The van der Waals surface area contributed by atoms with Crippen LogP contribution >= 0.6 is 27.7 Å². The molecule has 0 aliphatic carbocycles. The van der Waals surface area contributed by atoms with E-state index in [1.54, 1.807) is 23.9 Å². The molecule has 0 aliphatic rings. The van der Waals surface area contributed by atoms with Gasteiger partial charge in [-0.3, -0.25) is 0 Å². The van der Waals surface area contributed by atoms with Crippen LogP contribution in [0.25, 0.3) is 0 Å². The van der Waals surface area contributed by atoms with Gasteiger partial charge in [0.25, 0.3) is 0 Å². The molecule has 2 rings (SSSR count). The van der Waals surface area contributed by atoms with Crippen molar-refractivity contribution in [2.45, 2.75) is 22.8 Å². The van der Waals surface area contributed by atoms with Gasteiger partial charge in [0, 0.05) is 20.3 Å². The molecule has 1 N–H and O–H groups in total. The van der Waals surface area contributed by atoms with Crippen molar-refractivity contribution in [2.75, 3.05) is 7.05 Å². The number of benzene rings is 2. The lowest BCUT2D eigenvalue weighted by atomic mass is 10.1. The van der Waals surface area contributed by atoms with Crippen LogP contribution in [0.15, 0.2) is 56.7 Å². The van der Waals surface area contributed by atoms with Crippen LogP contribution in [0.3, 0.4) is 0 Å². The molecule has 1 atom stereocenters. The molecular weight excluding hydrogens is 325 g/mol. The highest BCUT2D eigenvalue weighted by Gasteiger charge is 2.07. The Balaban J connectivity index is 2.22. The summed E-state index contributed by atoms with van der Waals surface area (Å²) in [7, 11) is 1.94. The minimum Gasteiger partial charge on any atom is -0.313 e. The Morgan fingerprint density at radius 3 is 2.63 bits per heavy atom. The molecule has 0 amide bonds. The lowest BCUT2D eigenvalue weighted by Gasteiger charge is -2.12. The molecule has 0 bridgehead atoms. The molecule has 0 saturated heterocycles. The number of rotatable bonds is 4. The fourth-order valence-electron chi connectivity index (χ4n) is 1.69. The lowest BCUT2D eigenvalue weighted by Crippen LogP contribution is -2.12. The summed E-state index contributed by atoms with van der Waals surface area (Å²) in [4.78, 5) is 1.98. The summed E-state index contributed by atoms with van der Waals surface area (Å²) in [5.74, 6) is -0.207.